The van der Waals surface area contributed by atoms with Crippen LogP contribution in [-0.4, -0.2) is 9.78 Å². The summed E-state index contributed by atoms with van der Waals surface area (Å²) >= 11 is 6.40. The number of aromatic nitrogens is 2. The Morgan fingerprint density at radius 3 is 2.40 bits per heavy atom. The summed E-state index contributed by atoms with van der Waals surface area (Å²) in [7, 11) is 1.93. The molecule has 0 aliphatic rings. The van der Waals surface area contributed by atoms with Crippen LogP contribution < -0.4 is 5.73 Å². The van der Waals surface area contributed by atoms with Gasteiger partial charge in [0.1, 0.15) is 0 Å². The molecule has 0 spiro atoms. The van der Waals surface area contributed by atoms with Crippen LogP contribution in [0.25, 0.3) is 0 Å². The summed E-state index contributed by atoms with van der Waals surface area (Å²) in [6.45, 7) is 6.26. The molecule has 108 valence electrons. The Morgan fingerprint density at radius 1 is 1.30 bits per heavy atom. The van der Waals surface area contributed by atoms with Crippen molar-refractivity contribution in [2.24, 2.45) is 12.8 Å². The van der Waals surface area contributed by atoms with Crippen LogP contribution in [0, 0.1) is 13.8 Å². The quantitative estimate of drug-likeness (QED) is 0.937. The van der Waals surface area contributed by atoms with Crippen LogP contribution in [0.1, 0.15) is 41.0 Å². The van der Waals surface area contributed by atoms with Gasteiger partial charge in [-0.2, -0.15) is 5.10 Å². The van der Waals surface area contributed by atoms with Crippen LogP contribution in [0.5, 0.6) is 0 Å². The smallest absolute Gasteiger partial charge is 0.0850 e. The molecule has 0 saturated heterocycles. The van der Waals surface area contributed by atoms with E-state index in [1.54, 1.807) is 0 Å². The van der Waals surface area contributed by atoms with Gasteiger partial charge in [-0.3, -0.25) is 4.68 Å². The lowest BCUT2D eigenvalue weighted by Gasteiger charge is -2.17. The van der Waals surface area contributed by atoms with Gasteiger partial charge in [-0.05, 0) is 37.0 Å². The molecule has 4 heteroatoms. The molecule has 0 fully saturated rings. The maximum atomic E-state index is 6.42. The lowest BCUT2D eigenvalue weighted by molar-refractivity contribution is 0.634. The van der Waals surface area contributed by atoms with E-state index in [0.717, 1.165) is 22.8 Å². The zero-order valence-electron chi connectivity index (χ0n) is 12.6. The fourth-order valence-electron chi connectivity index (χ4n) is 2.76. The van der Waals surface area contributed by atoms with Crippen molar-refractivity contribution in [3.63, 3.8) is 0 Å². The van der Waals surface area contributed by atoms with Crippen LogP contribution in [0.2, 0.25) is 5.02 Å². The molecule has 0 bridgehead atoms. The number of aryl methyl sites for hydroxylation is 4. The number of hydrogen-bond acceptors (Lipinski definition) is 2. The highest BCUT2D eigenvalue weighted by Gasteiger charge is 2.18. The largest absolute Gasteiger partial charge is 0.324 e. The van der Waals surface area contributed by atoms with Gasteiger partial charge in [-0.15, -0.1) is 0 Å². The standard InChI is InChI=1S/C16H22ClN3/c1-5-13-16(17)14(20(4)19-13)9-12(18)15-10(2)7-6-8-11(15)3/h6-8,12H,5,9,18H2,1-4H3. The molecule has 0 amide bonds. The summed E-state index contributed by atoms with van der Waals surface area (Å²) in [5.74, 6) is 0. The third kappa shape index (κ3) is 2.74. The minimum absolute atomic E-state index is 0.0613. The SMILES string of the molecule is CCc1nn(C)c(CC(N)c2c(C)cccc2C)c1Cl. The molecule has 1 aromatic heterocycles. The number of rotatable bonds is 4. The van der Waals surface area contributed by atoms with Gasteiger partial charge in [0.2, 0.25) is 0 Å². The molecular weight excluding hydrogens is 270 g/mol. The van der Waals surface area contributed by atoms with Crippen molar-refractivity contribution in [3.8, 4) is 0 Å². The van der Waals surface area contributed by atoms with E-state index in [1.807, 2.05) is 11.7 Å². The maximum Gasteiger partial charge on any atom is 0.0850 e. The molecule has 2 rings (SSSR count). The molecule has 20 heavy (non-hydrogen) atoms. The molecular formula is C16H22ClN3. The Hall–Kier alpha value is -1.32. The van der Waals surface area contributed by atoms with E-state index in [9.17, 15) is 0 Å². The lowest BCUT2D eigenvalue weighted by Crippen LogP contribution is -2.18. The van der Waals surface area contributed by atoms with Gasteiger partial charge in [0, 0.05) is 19.5 Å². The summed E-state index contributed by atoms with van der Waals surface area (Å²) in [6.07, 6.45) is 1.54. The van der Waals surface area contributed by atoms with Crippen molar-refractivity contribution in [1.29, 1.82) is 0 Å². The van der Waals surface area contributed by atoms with E-state index < -0.39 is 0 Å². The van der Waals surface area contributed by atoms with Gasteiger partial charge in [-0.25, -0.2) is 0 Å². The predicted molar refractivity (Wildman–Crippen MR) is 84.1 cm³/mol. The van der Waals surface area contributed by atoms with Gasteiger partial charge < -0.3 is 5.73 Å². The summed E-state index contributed by atoms with van der Waals surface area (Å²) < 4.78 is 1.86. The molecule has 2 N–H and O–H groups in total. The summed E-state index contributed by atoms with van der Waals surface area (Å²) in [4.78, 5) is 0. The van der Waals surface area contributed by atoms with Crippen molar-refractivity contribution >= 4 is 11.6 Å². The number of halogens is 1. The van der Waals surface area contributed by atoms with Gasteiger partial charge in [-0.1, -0.05) is 36.7 Å². The van der Waals surface area contributed by atoms with Crippen molar-refractivity contribution in [2.45, 2.75) is 39.7 Å². The summed E-state index contributed by atoms with van der Waals surface area (Å²) in [5, 5.41) is 5.21. The Labute approximate surface area is 125 Å². The van der Waals surface area contributed by atoms with E-state index in [0.29, 0.717) is 6.42 Å². The molecule has 0 aliphatic carbocycles. The third-order valence-electron chi connectivity index (χ3n) is 3.83. The molecule has 1 unspecified atom stereocenters. The Bertz CT molecular complexity index is 596. The summed E-state index contributed by atoms with van der Waals surface area (Å²) in [6, 6.07) is 6.20. The highest BCUT2D eigenvalue weighted by Crippen LogP contribution is 2.28. The van der Waals surface area contributed by atoms with Gasteiger partial charge in [0.25, 0.3) is 0 Å². The zero-order valence-corrected chi connectivity index (χ0v) is 13.3. The molecule has 1 aromatic carbocycles. The van der Waals surface area contributed by atoms with Crippen molar-refractivity contribution in [1.82, 2.24) is 9.78 Å². The molecule has 2 aromatic rings. The van der Waals surface area contributed by atoms with Crippen LogP contribution >= 0.6 is 11.6 Å². The second-order valence-electron chi connectivity index (χ2n) is 5.30. The van der Waals surface area contributed by atoms with E-state index in [1.165, 1.54) is 16.7 Å². The first-order valence-corrected chi connectivity index (χ1v) is 7.35. The van der Waals surface area contributed by atoms with Crippen molar-refractivity contribution in [3.05, 3.63) is 51.3 Å². The Morgan fingerprint density at radius 2 is 1.90 bits per heavy atom. The van der Waals surface area contributed by atoms with Crippen LogP contribution in [0.4, 0.5) is 0 Å². The minimum atomic E-state index is -0.0613. The number of nitrogens with zero attached hydrogens (tertiary/aromatic N) is 2. The Balaban J connectivity index is 2.33. The topological polar surface area (TPSA) is 43.8 Å². The van der Waals surface area contributed by atoms with E-state index in [-0.39, 0.29) is 6.04 Å². The highest BCUT2D eigenvalue weighted by molar-refractivity contribution is 6.31. The van der Waals surface area contributed by atoms with Crippen LogP contribution in [0.3, 0.4) is 0 Å². The fraction of sp³-hybridized carbons (Fsp3) is 0.438. The second-order valence-corrected chi connectivity index (χ2v) is 5.68. The molecule has 3 nitrogen and oxygen atoms in total. The summed E-state index contributed by atoms with van der Waals surface area (Å²) in [5.41, 5.74) is 12.0. The fourth-order valence-corrected chi connectivity index (χ4v) is 3.14. The molecule has 0 radical (unpaired) electrons. The monoisotopic (exact) mass is 291 g/mol. The van der Waals surface area contributed by atoms with E-state index in [4.69, 9.17) is 17.3 Å². The van der Waals surface area contributed by atoms with Gasteiger partial charge in [0.15, 0.2) is 0 Å². The van der Waals surface area contributed by atoms with Gasteiger partial charge >= 0.3 is 0 Å². The zero-order chi connectivity index (χ0) is 14.9. The first-order valence-electron chi connectivity index (χ1n) is 6.97. The lowest BCUT2D eigenvalue weighted by atomic mass is 9.94. The van der Waals surface area contributed by atoms with Crippen LogP contribution in [0.15, 0.2) is 18.2 Å². The molecule has 0 aliphatic heterocycles. The van der Waals surface area contributed by atoms with Crippen LogP contribution in [-0.2, 0) is 19.9 Å². The number of nitrogens with two attached hydrogens (primary N) is 1. The molecule has 1 atom stereocenters. The molecule has 1 heterocycles. The van der Waals surface area contributed by atoms with Crippen molar-refractivity contribution in [2.75, 3.05) is 0 Å². The Kier molecular flexibility index (Phi) is 4.51. The maximum absolute atomic E-state index is 6.42. The first kappa shape index (κ1) is 15.1. The highest BCUT2D eigenvalue weighted by atomic mass is 35.5. The van der Waals surface area contributed by atoms with Crippen molar-refractivity contribution < 1.29 is 0 Å². The second kappa shape index (κ2) is 5.98. The molecule has 0 saturated carbocycles. The average molecular weight is 292 g/mol. The minimum Gasteiger partial charge on any atom is -0.324 e. The number of benzene rings is 1. The van der Waals surface area contributed by atoms with E-state index >= 15 is 0 Å². The normalized spacial score (nSPS) is 12.7. The van der Waals surface area contributed by atoms with Gasteiger partial charge in [0.05, 0.1) is 16.4 Å². The first-order chi connectivity index (χ1) is 9.45. The number of hydrogen-bond donors (Lipinski definition) is 1. The van der Waals surface area contributed by atoms with E-state index in [2.05, 4.69) is 44.1 Å². The third-order valence-corrected chi connectivity index (χ3v) is 4.27. The average Bonchev–Trinajstić information content (AvgIpc) is 2.66. The predicted octanol–water partition coefficient (Wildman–Crippen LogP) is 3.50.